The first-order chi connectivity index (χ1) is 12.0. The molecule has 134 valence electrons. The maximum Gasteiger partial charge on any atom is 0.309 e. The molecule has 3 aliphatic rings. The second-order valence-corrected chi connectivity index (χ2v) is 7.03. The number of carbonyl (C=O) groups excluding carboxylic acids is 1. The number of rotatable bonds is 1. The van der Waals surface area contributed by atoms with Crippen molar-refractivity contribution >= 4 is 5.97 Å². The number of hydrogen-bond acceptors (Lipinski definition) is 6. The predicted molar refractivity (Wildman–Crippen MR) is 88.2 cm³/mol. The van der Waals surface area contributed by atoms with E-state index < -0.39 is 17.8 Å². The van der Waals surface area contributed by atoms with Gasteiger partial charge in [-0.25, -0.2) is 0 Å². The molecule has 0 saturated carbocycles. The number of esters is 1. The van der Waals surface area contributed by atoms with Crippen LogP contribution in [-0.4, -0.2) is 35.0 Å². The molecule has 0 amide bonds. The third-order valence-corrected chi connectivity index (χ3v) is 5.51. The molecule has 6 nitrogen and oxygen atoms in total. The first-order valence-electron chi connectivity index (χ1n) is 8.59. The van der Waals surface area contributed by atoms with Crippen molar-refractivity contribution < 1.29 is 29.2 Å². The smallest absolute Gasteiger partial charge is 0.309 e. The van der Waals surface area contributed by atoms with Crippen LogP contribution < -0.4 is 0 Å². The maximum absolute atomic E-state index is 12.0. The number of methoxy groups -OCH3 is 1. The Morgan fingerprint density at radius 2 is 1.96 bits per heavy atom. The topological polar surface area (TPSA) is 88.5 Å². The lowest BCUT2D eigenvalue weighted by molar-refractivity contribution is -0.142. The third kappa shape index (κ3) is 2.43. The summed E-state index contributed by atoms with van der Waals surface area (Å²) in [7, 11) is 1.56. The highest BCUT2D eigenvalue weighted by Gasteiger charge is 2.68. The summed E-state index contributed by atoms with van der Waals surface area (Å²) in [5, 5.41) is 21.1. The molecule has 2 fully saturated rings. The van der Waals surface area contributed by atoms with Crippen LogP contribution in [0, 0.1) is 0 Å². The number of ether oxygens (including phenoxy) is 3. The molecule has 2 unspecified atom stereocenters. The number of carbonyl (C=O) groups is 1. The van der Waals surface area contributed by atoms with Crippen LogP contribution in [0.3, 0.4) is 0 Å². The first kappa shape index (κ1) is 16.4. The zero-order valence-electron chi connectivity index (χ0n) is 14.3. The fourth-order valence-corrected chi connectivity index (χ4v) is 4.25. The SMILES string of the molecule is CO[C@H]1/C(C)=C\CCCC2OC23CC(=O)O[C@@H]3c2c(O)ccc(O)c21. The fourth-order valence-electron chi connectivity index (χ4n) is 4.25. The fraction of sp³-hybridized carbons (Fsp3) is 0.526. The minimum absolute atomic E-state index is 0.00180. The zero-order chi connectivity index (χ0) is 17.8. The molecule has 0 radical (unpaired) electrons. The third-order valence-electron chi connectivity index (χ3n) is 5.51. The Hall–Kier alpha value is -2.05. The highest BCUT2D eigenvalue weighted by atomic mass is 16.7. The lowest BCUT2D eigenvalue weighted by Gasteiger charge is -2.25. The summed E-state index contributed by atoms with van der Waals surface area (Å²) in [6, 6.07) is 2.85. The molecule has 4 rings (SSSR count). The van der Waals surface area contributed by atoms with Crippen molar-refractivity contribution in [3.05, 3.63) is 34.9 Å². The van der Waals surface area contributed by atoms with E-state index in [4.69, 9.17) is 14.2 Å². The van der Waals surface area contributed by atoms with Crippen molar-refractivity contribution in [2.24, 2.45) is 0 Å². The Morgan fingerprint density at radius 1 is 1.24 bits per heavy atom. The van der Waals surface area contributed by atoms with Crippen LogP contribution in [0.2, 0.25) is 0 Å². The van der Waals surface area contributed by atoms with Gasteiger partial charge in [0.1, 0.15) is 23.2 Å². The average molecular weight is 346 g/mol. The Bertz CT molecular complexity index is 755. The first-order valence-corrected chi connectivity index (χ1v) is 8.59. The van der Waals surface area contributed by atoms with Crippen LogP contribution >= 0.6 is 0 Å². The normalized spacial score (nSPS) is 36.2. The van der Waals surface area contributed by atoms with Crippen molar-refractivity contribution in [3.8, 4) is 11.5 Å². The monoisotopic (exact) mass is 346 g/mol. The summed E-state index contributed by atoms with van der Waals surface area (Å²) < 4.78 is 17.1. The van der Waals surface area contributed by atoms with Gasteiger partial charge in [0.2, 0.25) is 0 Å². The number of fused-ring (bicyclic) bond motifs is 2. The lowest BCUT2D eigenvalue weighted by Crippen LogP contribution is -2.22. The van der Waals surface area contributed by atoms with Crippen molar-refractivity contribution in [2.75, 3.05) is 7.11 Å². The van der Waals surface area contributed by atoms with E-state index in [2.05, 4.69) is 6.08 Å². The molecule has 0 aromatic heterocycles. The molecule has 6 heteroatoms. The van der Waals surface area contributed by atoms with Crippen molar-refractivity contribution in [3.63, 3.8) is 0 Å². The van der Waals surface area contributed by atoms with Gasteiger partial charge in [-0.3, -0.25) is 4.79 Å². The molecule has 2 heterocycles. The van der Waals surface area contributed by atoms with E-state index in [-0.39, 0.29) is 30.0 Å². The summed E-state index contributed by atoms with van der Waals surface area (Å²) in [6.45, 7) is 1.94. The lowest BCUT2D eigenvalue weighted by atomic mass is 9.85. The van der Waals surface area contributed by atoms with Gasteiger partial charge in [0.15, 0.2) is 6.10 Å². The molecular weight excluding hydrogens is 324 g/mol. The Labute approximate surface area is 146 Å². The number of hydrogen-bond donors (Lipinski definition) is 2. The van der Waals surface area contributed by atoms with Crippen LogP contribution in [0.25, 0.3) is 0 Å². The molecule has 1 spiro atoms. The number of epoxide rings is 1. The zero-order valence-corrected chi connectivity index (χ0v) is 14.3. The standard InChI is InChI=1S/C19H22O6/c1-10-5-3-4-6-13-19(25-13)9-14(22)24-18(19)16-12(21)8-7-11(20)15(16)17(10)23-2/h5,7-8,13,17-18,20-21H,3-4,6,9H2,1-2H3/b10-5-/t13?,17-,18+,19?/m0/s1. The predicted octanol–water partition coefficient (Wildman–Crippen LogP) is 3.04. The van der Waals surface area contributed by atoms with E-state index in [1.54, 1.807) is 7.11 Å². The van der Waals surface area contributed by atoms with Crippen molar-refractivity contribution in [1.82, 2.24) is 0 Å². The van der Waals surface area contributed by atoms with Crippen LogP contribution in [-0.2, 0) is 19.0 Å². The highest BCUT2D eigenvalue weighted by Crippen LogP contribution is 2.60. The van der Waals surface area contributed by atoms with E-state index in [0.29, 0.717) is 11.1 Å². The minimum atomic E-state index is -0.742. The van der Waals surface area contributed by atoms with E-state index in [0.717, 1.165) is 24.8 Å². The molecule has 4 atom stereocenters. The van der Waals surface area contributed by atoms with Crippen molar-refractivity contribution in [1.29, 1.82) is 0 Å². The number of benzene rings is 1. The molecule has 2 saturated heterocycles. The number of phenols is 2. The van der Waals surface area contributed by atoms with E-state index in [1.165, 1.54) is 12.1 Å². The van der Waals surface area contributed by atoms with Gasteiger partial charge in [0.05, 0.1) is 12.5 Å². The Morgan fingerprint density at radius 3 is 2.68 bits per heavy atom. The summed E-state index contributed by atoms with van der Waals surface area (Å²) in [5.41, 5.74) is 1.02. The largest absolute Gasteiger partial charge is 0.508 e. The van der Waals surface area contributed by atoms with Crippen LogP contribution in [0.4, 0.5) is 0 Å². The second kappa shape index (κ2) is 5.75. The van der Waals surface area contributed by atoms with Gasteiger partial charge in [-0.1, -0.05) is 6.08 Å². The molecule has 1 aromatic carbocycles. The van der Waals surface area contributed by atoms with Crippen LogP contribution in [0.15, 0.2) is 23.8 Å². The van der Waals surface area contributed by atoms with E-state index in [1.807, 2.05) is 6.92 Å². The number of aromatic hydroxyl groups is 2. The Balaban J connectivity index is 1.94. The van der Waals surface area contributed by atoms with Gasteiger partial charge in [0.25, 0.3) is 0 Å². The van der Waals surface area contributed by atoms with Gasteiger partial charge in [0, 0.05) is 18.2 Å². The summed E-state index contributed by atoms with van der Waals surface area (Å²) in [4.78, 5) is 12.0. The number of phenolic OH excluding ortho intramolecular Hbond substituents is 2. The summed E-state index contributed by atoms with van der Waals surface area (Å²) in [6.07, 6.45) is 3.51. The van der Waals surface area contributed by atoms with Gasteiger partial charge < -0.3 is 24.4 Å². The van der Waals surface area contributed by atoms with E-state index in [9.17, 15) is 15.0 Å². The van der Waals surface area contributed by atoms with Crippen molar-refractivity contribution in [2.45, 2.75) is 56.5 Å². The van der Waals surface area contributed by atoms with Gasteiger partial charge in [-0.15, -0.1) is 0 Å². The highest BCUT2D eigenvalue weighted by molar-refractivity contribution is 5.76. The number of allylic oxidation sites excluding steroid dienone is 1. The van der Waals surface area contributed by atoms with Gasteiger partial charge >= 0.3 is 5.97 Å². The molecule has 2 aliphatic heterocycles. The second-order valence-electron chi connectivity index (χ2n) is 7.03. The molecular formula is C19H22O6. The summed E-state index contributed by atoms with van der Waals surface area (Å²) in [5.74, 6) is -0.378. The molecule has 25 heavy (non-hydrogen) atoms. The average Bonchev–Trinajstić information content (AvgIpc) is 3.15. The molecule has 0 bridgehead atoms. The Kier molecular flexibility index (Phi) is 3.77. The van der Waals surface area contributed by atoms with Gasteiger partial charge in [-0.05, 0) is 43.9 Å². The quantitative estimate of drug-likeness (QED) is 0.352. The molecule has 2 N–H and O–H groups in total. The van der Waals surface area contributed by atoms with Crippen LogP contribution in [0.5, 0.6) is 11.5 Å². The van der Waals surface area contributed by atoms with Gasteiger partial charge in [-0.2, -0.15) is 0 Å². The van der Waals surface area contributed by atoms with Crippen LogP contribution in [0.1, 0.15) is 55.9 Å². The summed E-state index contributed by atoms with van der Waals surface area (Å²) >= 11 is 0. The van der Waals surface area contributed by atoms with E-state index >= 15 is 0 Å². The maximum atomic E-state index is 12.0. The molecule has 1 aliphatic carbocycles. The minimum Gasteiger partial charge on any atom is -0.508 e. The molecule has 1 aromatic rings.